The van der Waals surface area contributed by atoms with Crippen LogP contribution in [0, 0.1) is 0 Å². The monoisotopic (exact) mass is 244 g/mol. The molecule has 0 aliphatic carbocycles. The molecular weight excluding hydrogens is 233 g/mol. The van der Waals surface area contributed by atoms with Gasteiger partial charge in [-0.1, -0.05) is 0 Å². The van der Waals surface area contributed by atoms with E-state index in [1.54, 1.807) is 7.05 Å². The van der Waals surface area contributed by atoms with Crippen molar-refractivity contribution in [2.45, 2.75) is 12.6 Å². The highest BCUT2D eigenvalue weighted by atomic mass is 19.4. The molecule has 0 fully saturated rings. The van der Waals surface area contributed by atoms with Gasteiger partial charge in [0.1, 0.15) is 0 Å². The fourth-order valence-corrected chi connectivity index (χ4v) is 1.45. The first-order chi connectivity index (χ1) is 8.00. The molecule has 0 saturated carbocycles. The minimum Gasteiger partial charge on any atom is -0.319 e. The van der Waals surface area contributed by atoms with E-state index in [0.29, 0.717) is 18.8 Å². The van der Waals surface area contributed by atoms with Crippen molar-refractivity contribution >= 4 is 5.65 Å². The molecule has 0 unspecified atom stereocenters. The smallest absolute Gasteiger partial charge is 0.319 e. The zero-order valence-electron chi connectivity index (χ0n) is 9.12. The van der Waals surface area contributed by atoms with Gasteiger partial charge in [0.15, 0.2) is 11.5 Å². The number of nitrogens with one attached hydrogen (secondary N) is 1. The summed E-state index contributed by atoms with van der Waals surface area (Å²) < 4.78 is 38.7. The van der Waals surface area contributed by atoms with Gasteiger partial charge in [0.05, 0.1) is 5.56 Å². The van der Waals surface area contributed by atoms with E-state index in [4.69, 9.17) is 0 Å². The number of pyridine rings is 1. The molecule has 2 heterocycles. The van der Waals surface area contributed by atoms with E-state index in [1.165, 1.54) is 10.7 Å². The van der Waals surface area contributed by atoms with Gasteiger partial charge in [-0.3, -0.25) is 0 Å². The first-order valence-electron chi connectivity index (χ1n) is 5.08. The van der Waals surface area contributed by atoms with Gasteiger partial charge in [-0.2, -0.15) is 18.3 Å². The van der Waals surface area contributed by atoms with Crippen molar-refractivity contribution in [3.63, 3.8) is 0 Å². The highest BCUT2D eigenvalue weighted by Gasteiger charge is 2.30. The topological polar surface area (TPSA) is 42.2 Å². The van der Waals surface area contributed by atoms with Gasteiger partial charge in [0.2, 0.25) is 0 Å². The lowest BCUT2D eigenvalue weighted by Crippen LogP contribution is -2.11. The number of aromatic nitrogens is 3. The molecule has 17 heavy (non-hydrogen) atoms. The summed E-state index contributed by atoms with van der Waals surface area (Å²) in [5.74, 6) is 0.527. The molecule has 0 saturated heterocycles. The second-order valence-electron chi connectivity index (χ2n) is 3.60. The van der Waals surface area contributed by atoms with Crippen molar-refractivity contribution in [1.82, 2.24) is 19.9 Å². The fourth-order valence-electron chi connectivity index (χ4n) is 1.45. The summed E-state index contributed by atoms with van der Waals surface area (Å²) >= 11 is 0. The van der Waals surface area contributed by atoms with Gasteiger partial charge in [0, 0.05) is 19.2 Å². The molecule has 0 amide bonds. The van der Waals surface area contributed by atoms with Crippen LogP contribution < -0.4 is 5.32 Å². The van der Waals surface area contributed by atoms with Crippen LogP contribution in [0.2, 0.25) is 0 Å². The Morgan fingerprint density at radius 2 is 2.18 bits per heavy atom. The summed E-state index contributed by atoms with van der Waals surface area (Å²) in [4.78, 5) is 4.04. The highest BCUT2D eigenvalue weighted by molar-refractivity contribution is 5.41. The molecule has 7 heteroatoms. The van der Waals surface area contributed by atoms with Crippen LogP contribution in [0.15, 0.2) is 18.3 Å². The molecule has 0 spiro atoms. The Morgan fingerprint density at radius 3 is 2.82 bits per heavy atom. The van der Waals surface area contributed by atoms with Crippen LogP contribution in [0.1, 0.15) is 11.4 Å². The van der Waals surface area contributed by atoms with Crippen LogP contribution in [0.5, 0.6) is 0 Å². The number of likely N-dealkylation sites (N-methyl/N-ethyl adjacent to an activating group) is 1. The molecule has 2 aromatic heterocycles. The van der Waals surface area contributed by atoms with Crippen molar-refractivity contribution in [2.24, 2.45) is 0 Å². The lowest BCUT2D eigenvalue weighted by atomic mass is 10.2. The summed E-state index contributed by atoms with van der Waals surface area (Å²) in [6.45, 7) is 0.684. The lowest BCUT2D eigenvalue weighted by molar-refractivity contribution is -0.137. The standard InChI is InChI=1S/C10H11F3N4/c1-14-4-2-8-15-9-6-7(10(11,12)13)3-5-17(9)16-8/h3,5-6,14H,2,4H2,1H3. The molecule has 1 N–H and O–H groups in total. The molecular formula is C10H11F3N4. The molecule has 0 atom stereocenters. The van der Waals surface area contributed by atoms with Crippen LogP contribution in [-0.4, -0.2) is 28.2 Å². The maximum atomic E-state index is 12.5. The molecule has 0 aliphatic rings. The van der Waals surface area contributed by atoms with E-state index in [9.17, 15) is 13.2 Å². The summed E-state index contributed by atoms with van der Waals surface area (Å²) in [5.41, 5.74) is -0.497. The van der Waals surface area contributed by atoms with E-state index in [1.807, 2.05) is 0 Å². The number of hydrogen-bond donors (Lipinski definition) is 1. The number of fused-ring (bicyclic) bond motifs is 1. The number of hydrogen-bond acceptors (Lipinski definition) is 3. The third-order valence-electron chi connectivity index (χ3n) is 2.31. The van der Waals surface area contributed by atoms with E-state index in [0.717, 1.165) is 12.1 Å². The molecule has 2 rings (SSSR count). The van der Waals surface area contributed by atoms with E-state index in [-0.39, 0.29) is 5.65 Å². The molecule has 4 nitrogen and oxygen atoms in total. The second kappa shape index (κ2) is 4.33. The Balaban J connectivity index is 2.34. The van der Waals surface area contributed by atoms with Crippen molar-refractivity contribution < 1.29 is 13.2 Å². The summed E-state index contributed by atoms with van der Waals surface area (Å²) in [5, 5.41) is 7.00. The van der Waals surface area contributed by atoms with Crippen molar-refractivity contribution in [3.05, 3.63) is 29.7 Å². The lowest BCUT2D eigenvalue weighted by Gasteiger charge is -2.05. The number of alkyl halides is 3. The zero-order chi connectivity index (χ0) is 12.5. The van der Waals surface area contributed by atoms with Gasteiger partial charge in [-0.15, -0.1) is 0 Å². The predicted molar refractivity (Wildman–Crippen MR) is 55.6 cm³/mol. The Morgan fingerprint density at radius 1 is 1.41 bits per heavy atom. The SMILES string of the molecule is CNCCc1nc2cc(C(F)(F)F)ccn2n1. The Labute approximate surface area is 95.5 Å². The number of nitrogens with zero attached hydrogens (tertiary/aromatic N) is 3. The quantitative estimate of drug-likeness (QED) is 0.889. The van der Waals surface area contributed by atoms with Crippen LogP contribution >= 0.6 is 0 Å². The first-order valence-corrected chi connectivity index (χ1v) is 5.08. The van der Waals surface area contributed by atoms with Crippen LogP contribution in [0.25, 0.3) is 5.65 Å². The van der Waals surface area contributed by atoms with Crippen molar-refractivity contribution in [3.8, 4) is 0 Å². The maximum Gasteiger partial charge on any atom is 0.416 e. The van der Waals surface area contributed by atoms with Crippen LogP contribution in [-0.2, 0) is 12.6 Å². The van der Waals surface area contributed by atoms with E-state index < -0.39 is 11.7 Å². The Kier molecular flexibility index (Phi) is 3.01. The van der Waals surface area contributed by atoms with Gasteiger partial charge < -0.3 is 5.32 Å². The highest BCUT2D eigenvalue weighted by Crippen LogP contribution is 2.29. The third-order valence-corrected chi connectivity index (χ3v) is 2.31. The number of halogens is 3. The molecule has 0 radical (unpaired) electrons. The largest absolute Gasteiger partial charge is 0.416 e. The number of rotatable bonds is 3. The summed E-state index contributed by atoms with van der Waals surface area (Å²) in [6.07, 6.45) is -2.49. The maximum absolute atomic E-state index is 12.5. The Bertz CT molecular complexity index is 518. The average molecular weight is 244 g/mol. The molecule has 0 aliphatic heterocycles. The van der Waals surface area contributed by atoms with Gasteiger partial charge in [-0.25, -0.2) is 9.50 Å². The normalized spacial score (nSPS) is 12.2. The zero-order valence-corrected chi connectivity index (χ0v) is 9.12. The average Bonchev–Trinajstić information content (AvgIpc) is 2.66. The van der Waals surface area contributed by atoms with Crippen molar-refractivity contribution in [2.75, 3.05) is 13.6 Å². The van der Waals surface area contributed by atoms with E-state index >= 15 is 0 Å². The van der Waals surface area contributed by atoms with Crippen molar-refractivity contribution in [1.29, 1.82) is 0 Å². The molecule has 2 aromatic rings. The Hall–Kier alpha value is -1.63. The van der Waals surface area contributed by atoms with Gasteiger partial charge >= 0.3 is 6.18 Å². The summed E-state index contributed by atoms with van der Waals surface area (Å²) in [6, 6.07) is 1.99. The van der Waals surface area contributed by atoms with Gasteiger partial charge in [-0.05, 0) is 19.2 Å². The minimum absolute atomic E-state index is 0.214. The fraction of sp³-hybridized carbons (Fsp3) is 0.400. The predicted octanol–water partition coefficient (Wildman–Crippen LogP) is 1.51. The van der Waals surface area contributed by atoms with Gasteiger partial charge in [0.25, 0.3) is 0 Å². The van der Waals surface area contributed by atoms with Crippen LogP contribution in [0.3, 0.4) is 0 Å². The summed E-state index contributed by atoms with van der Waals surface area (Å²) in [7, 11) is 1.79. The third kappa shape index (κ3) is 2.55. The molecule has 0 bridgehead atoms. The molecule has 0 aromatic carbocycles. The first kappa shape index (κ1) is 11.8. The molecule has 92 valence electrons. The van der Waals surface area contributed by atoms with E-state index in [2.05, 4.69) is 15.4 Å². The second-order valence-corrected chi connectivity index (χ2v) is 3.60. The van der Waals surface area contributed by atoms with Crippen LogP contribution in [0.4, 0.5) is 13.2 Å². The minimum atomic E-state index is -4.35.